The lowest BCUT2D eigenvalue weighted by molar-refractivity contribution is 0.100. The molecule has 0 aliphatic carbocycles. The molecule has 9 nitrogen and oxygen atoms in total. The van der Waals surface area contributed by atoms with E-state index in [-0.39, 0.29) is 27.4 Å². The molecule has 0 bridgehead atoms. The molecule has 0 saturated heterocycles. The zero-order valence-electron chi connectivity index (χ0n) is 33.0. The van der Waals surface area contributed by atoms with Crippen molar-refractivity contribution in [2.45, 2.75) is 97.6 Å². The highest BCUT2D eigenvalue weighted by molar-refractivity contribution is 8.00. The Bertz CT molecular complexity index is 1810. The Hall–Kier alpha value is -3.45. The maximum absolute atomic E-state index is 13.6. The number of hydrogen-bond acceptors (Lipinski definition) is 6. The number of pyridine rings is 1. The van der Waals surface area contributed by atoms with Gasteiger partial charge in [-0.3, -0.25) is 9.59 Å². The predicted molar refractivity (Wildman–Crippen MR) is 224 cm³/mol. The van der Waals surface area contributed by atoms with Gasteiger partial charge in [0, 0.05) is 47.7 Å². The quantitative estimate of drug-likeness (QED) is 0.0590. The minimum Gasteiger partial charge on any atom is -0.417 e. The summed E-state index contributed by atoms with van der Waals surface area (Å²) in [5.74, 6) is 6.14. The number of aryl methyl sites for hydroxylation is 1. The summed E-state index contributed by atoms with van der Waals surface area (Å²) in [6, 6.07) is 16.1. The van der Waals surface area contributed by atoms with Crippen LogP contribution in [0.15, 0.2) is 65.2 Å². The molecule has 0 spiro atoms. The second-order valence-corrected chi connectivity index (χ2v) is 28.9. The summed E-state index contributed by atoms with van der Waals surface area (Å²) in [4.78, 5) is 30.7. The van der Waals surface area contributed by atoms with E-state index in [9.17, 15) is 14.1 Å². The minimum absolute atomic E-state index is 0.0711. The van der Waals surface area contributed by atoms with E-state index in [4.69, 9.17) is 14.6 Å². The third-order valence-corrected chi connectivity index (χ3v) is 21.7. The van der Waals surface area contributed by atoms with Crippen LogP contribution in [0.3, 0.4) is 0 Å². The number of anilines is 2. The van der Waals surface area contributed by atoms with E-state index in [2.05, 4.69) is 94.2 Å². The molecule has 12 heteroatoms. The van der Waals surface area contributed by atoms with Gasteiger partial charge >= 0.3 is 0 Å². The van der Waals surface area contributed by atoms with Crippen LogP contribution in [0.2, 0.25) is 36.3 Å². The largest absolute Gasteiger partial charge is 0.417 e. The van der Waals surface area contributed by atoms with Crippen LogP contribution in [0, 0.1) is 18.8 Å². The zero-order valence-corrected chi connectivity index (χ0v) is 35.9. The van der Waals surface area contributed by atoms with Crippen LogP contribution in [0.25, 0.3) is 0 Å². The lowest BCUT2D eigenvalue weighted by atomic mass is 10.1. The molecule has 0 saturated carbocycles. The van der Waals surface area contributed by atoms with E-state index >= 15 is 0 Å². The topological polar surface area (TPSA) is 136 Å². The van der Waals surface area contributed by atoms with Gasteiger partial charge in [-0.2, -0.15) is 4.36 Å². The van der Waals surface area contributed by atoms with Crippen LogP contribution in [0.4, 0.5) is 11.5 Å². The summed E-state index contributed by atoms with van der Waals surface area (Å²) in [6.07, 6.45) is 2.55. The third kappa shape index (κ3) is 12.6. The van der Waals surface area contributed by atoms with Crippen LogP contribution < -0.4 is 11.1 Å². The average Bonchev–Trinajstić information content (AvgIpc) is 3.04. The first kappa shape index (κ1) is 43.0. The van der Waals surface area contributed by atoms with Gasteiger partial charge in [-0.25, -0.2) is 4.98 Å². The first-order valence-electron chi connectivity index (χ1n) is 17.9. The lowest BCUT2D eigenvalue weighted by Crippen LogP contribution is -2.41. The second-order valence-electron chi connectivity index (χ2n) is 16.5. The Labute approximate surface area is 315 Å². The number of carbonyl (C=O) groups excluding carboxylic acids is 2. The fraction of sp³-hybridized carbons (Fsp3) is 0.475. The van der Waals surface area contributed by atoms with Crippen molar-refractivity contribution in [3.8, 4) is 11.8 Å². The number of nitrogens with one attached hydrogen (secondary N) is 1. The molecule has 0 aliphatic rings. The standard InChI is InChI=1S/C40H60N4O5SSi2/c1-30-16-12-19-35(26-30)43-37(45)33-18-13-17-31(27-33)20-21-32-28-34(29-42-36(32)41)38(46)44-50(47,24-14-22-48-51(8,9)39(2,3)4)25-15-23-49-52(10,11)40(5,6)7/h12-13,16-19,26-29,50H,14-15,22-25H2,1-11H3,(H2,41,42)(H,43,45)(H,44,46,47). The maximum atomic E-state index is 13.6. The SMILES string of the molecule is Cc1cccc(NC(=O)c2cccc(C#Cc3cc(C(=O)N=[SH](O)(CCCO[Si](C)(C)C(C)(C)C)CCCO[Si](C)(C)C(C)(C)C)cnc3N)c2)c1. The number of nitrogens with two attached hydrogens (primary N) is 1. The summed E-state index contributed by atoms with van der Waals surface area (Å²) >= 11 is 0. The van der Waals surface area contributed by atoms with E-state index in [0.29, 0.717) is 59.9 Å². The monoisotopic (exact) mass is 764 g/mol. The minimum atomic E-state index is -3.06. The smallest absolute Gasteiger partial charge is 0.284 e. The van der Waals surface area contributed by atoms with Crippen LogP contribution in [0.5, 0.6) is 0 Å². The van der Waals surface area contributed by atoms with Crippen molar-refractivity contribution < 1.29 is 23.0 Å². The highest BCUT2D eigenvalue weighted by Gasteiger charge is 2.38. The Morgan fingerprint density at radius 1 is 0.865 bits per heavy atom. The Balaban J connectivity index is 1.82. The van der Waals surface area contributed by atoms with Crippen molar-refractivity contribution in [1.82, 2.24) is 4.98 Å². The summed E-state index contributed by atoms with van der Waals surface area (Å²) in [5, 5.41) is 3.05. The molecular weight excluding hydrogens is 705 g/mol. The Morgan fingerprint density at radius 3 is 2.00 bits per heavy atom. The fourth-order valence-electron chi connectivity index (χ4n) is 4.66. The molecule has 3 rings (SSSR count). The lowest BCUT2D eigenvalue weighted by Gasteiger charge is -2.37. The van der Waals surface area contributed by atoms with Gasteiger partial charge in [0.15, 0.2) is 16.6 Å². The summed E-state index contributed by atoms with van der Waals surface area (Å²) < 4.78 is 29.1. The normalized spacial score (nSPS) is 12.8. The number of rotatable bonds is 13. The van der Waals surface area contributed by atoms with E-state index in [1.165, 1.54) is 6.20 Å². The number of carbonyl (C=O) groups is 2. The molecule has 0 radical (unpaired) electrons. The van der Waals surface area contributed by atoms with Crippen molar-refractivity contribution in [3.05, 3.63) is 88.6 Å². The molecule has 0 unspecified atom stereocenters. The fourth-order valence-corrected chi connectivity index (χ4v) is 8.98. The molecule has 0 atom stereocenters. The van der Waals surface area contributed by atoms with Gasteiger partial charge < -0.3 is 24.5 Å². The van der Waals surface area contributed by atoms with E-state index < -0.39 is 32.6 Å². The number of benzene rings is 2. The number of amides is 2. The molecule has 2 aromatic carbocycles. The van der Waals surface area contributed by atoms with Gasteiger partial charge in [-0.1, -0.05) is 71.6 Å². The molecular formula is C40H60N4O5SSi2. The number of nitrogens with zero attached hydrogens (tertiary/aromatic N) is 2. The first-order chi connectivity index (χ1) is 24.0. The molecule has 0 fully saturated rings. The van der Waals surface area contributed by atoms with Crippen LogP contribution in [0.1, 0.15) is 91.8 Å². The van der Waals surface area contributed by atoms with Crippen molar-refractivity contribution in [1.29, 1.82) is 0 Å². The number of aromatic nitrogens is 1. The molecule has 0 aliphatic heterocycles. The number of hydrogen-bond donors (Lipinski definition) is 4. The third-order valence-electron chi connectivity index (χ3n) is 10.0. The molecule has 4 N–H and O–H groups in total. The van der Waals surface area contributed by atoms with Gasteiger partial charge in [-0.05, 0) is 98.0 Å². The van der Waals surface area contributed by atoms with Crippen LogP contribution in [-0.2, 0) is 19.0 Å². The van der Waals surface area contributed by atoms with Crippen LogP contribution >= 0.6 is 0 Å². The molecule has 1 heterocycles. The van der Waals surface area contributed by atoms with E-state index in [1.54, 1.807) is 30.3 Å². The van der Waals surface area contributed by atoms with Crippen molar-refractivity contribution in [2.75, 3.05) is 35.8 Å². The predicted octanol–water partition coefficient (Wildman–Crippen LogP) is 9.13. The van der Waals surface area contributed by atoms with Crippen molar-refractivity contribution >= 4 is 50.1 Å². The van der Waals surface area contributed by atoms with Gasteiger partial charge in [0.2, 0.25) is 0 Å². The zero-order chi connectivity index (χ0) is 39.0. The van der Waals surface area contributed by atoms with Crippen LogP contribution in [-0.4, -0.2) is 62.7 Å². The van der Waals surface area contributed by atoms with Gasteiger partial charge in [0.1, 0.15) is 5.82 Å². The van der Waals surface area contributed by atoms with Crippen molar-refractivity contribution in [3.63, 3.8) is 0 Å². The molecule has 2 amide bonds. The molecule has 1 aromatic heterocycles. The first-order valence-corrected chi connectivity index (χ1v) is 25.8. The average molecular weight is 765 g/mol. The number of nitrogen functional groups attached to an aromatic ring is 1. The van der Waals surface area contributed by atoms with Gasteiger partial charge in [0.05, 0.1) is 11.1 Å². The second kappa shape index (κ2) is 17.6. The van der Waals surface area contributed by atoms with E-state index in [1.807, 2.05) is 31.2 Å². The molecule has 52 heavy (non-hydrogen) atoms. The Morgan fingerprint density at radius 2 is 1.44 bits per heavy atom. The van der Waals surface area contributed by atoms with Gasteiger partial charge in [0.25, 0.3) is 11.8 Å². The Kier molecular flexibility index (Phi) is 14.5. The highest BCUT2D eigenvalue weighted by atomic mass is 32.3. The molecule has 3 aromatic rings. The summed E-state index contributed by atoms with van der Waals surface area (Å²) in [7, 11) is -6.98. The number of thiol groups is 1. The van der Waals surface area contributed by atoms with Gasteiger partial charge in [-0.15, -0.1) is 10.1 Å². The van der Waals surface area contributed by atoms with Crippen molar-refractivity contribution in [2.24, 2.45) is 4.36 Å². The molecule has 284 valence electrons. The summed E-state index contributed by atoms with van der Waals surface area (Å²) in [5.41, 5.74) is 9.51. The summed E-state index contributed by atoms with van der Waals surface area (Å²) in [6.45, 7) is 25.0. The van der Waals surface area contributed by atoms with E-state index in [0.717, 1.165) is 5.56 Å². The maximum Gasteiger partial charge on any atom is 0.284 e. The highest BCUT2D eigenvalue weighted by Crippen LogP contribution is 2.37.